The average Bonchev–Trinajstić information content (AvgIpc) is 2.35. The first kappa shape index (κ1) is 16.1. The normalized spacial score (nSPS) is 15.1. The molecule has 0 aromatic carbocycles. The second-order valence-electron chi connectivity index (χ2n) is 6.34. The number of amides is 1. The van der Waals surface area contributed by atoms with Crippen molar-refractivity contribution < 1.29 is 19.4 Å². The van der Waals surface area contributed by atoms with Crippen molar-refractivity contribution in [2.75, 3.05) is 24.5 Å². The Hall–Kier alpha value is -2.31. The van der Waals surface area contributed by atoms with Gasteiger partial charge in [-0.05, 0) is 32.9 Å². The van der Waals surface area contributed by atoms with Crippen molar-refractivity contribution in [3.63, 3.8) is 0 Å². The van der Waals surface area contributed by atoms with Crippen LogP contribution < -0.4 is 10.2 Å². The fourth-order valence-electron chi connectivity index (χ4n) is 2.15. The molecular weight excluding hydrogens is 286 g/mol. The highest BCUT2D eigenvalue weighted by Crippen LogP contribution is 2.22. The van der Waals surface area contributed by atoms with Crippen molar-refractivity contribution in [3.05, 3.63) is 23.9 Å². The average molecular weight is 307 g/mol. The number of alkyl carbamates (subject to hydrolysis) is 1. The van der Waals surface area contributed by atoms with E-state index >= 15 is 0 Å². The third kappa shape index (κ3) is 4.34. The summed E-state index contributed by atoms with van der Waals surface area (Å²) in [5.41, 5.74) is -0.468. The molecule has 120 valence electrons. The zero-order valence-corrected chi connectivity index (χ0v) is 13.0. The van der Waals surface area contributed by atoms with Gasteiger partial charge in [-0.15, -0.1) is 0 Å². The fraction of sp³-hybridized carbons (Fsp3) is 0.533. The molecule has 0 aliphatic carbocycles. The first-order valence-electron chi connectivity index (χ1n) is 7.17. The monoisotopic (exact) mass is 307 g/mol. The molecular formula is C15H21N3O4. The largest absolute Gasteiger partial charge is 0.477 e. The molecule has 2 rings (SSSR count). The summed E-state index contributed by atoms with van der Waals surface area (Å²) < 4.78 is 5.17. The Kier molecular flexibility index (Phi) is 4.54. The van der Waals surface area contributed by atoms with Gasteiger partial charge in [0, 0.05) is 25.6 Å². The molecule has 0 saturated carbocycles. The number of pyridine rings is 1. The molecule has 1 fully saturated rings. The molecule has 7 nitrogen and oxygen atoms in total. The molecule has 0 unspecified atom stereocenters. The van der Waals surface area contributed by atoms with Crippen LogP contribution >= 0.6 is 0 Å². The van der Waals surface area contributed by atoms with Crippen molar-refractivity contribution in [2.24, 2.45) is 5.92 Å². The van der Waals surface area contributed by atoms with E-state index in [1.165, 1.54) is 6.07 Å². The second-order valence-corrected chi connectivity index (χ2v) is 6.34. The van der Waals surface area contributed by atoms with Crippen molar-refractivity contribution >= 4 is 17.9 Å². The summed E-state index contributed by atoms with van der Waals surface area (Å²) in [6, 6.07) is 4.93. The number of aromatic nitrogens is 1. The predicted octanol–water partition coefficient (Wildman–Crippen LogP) is 1.74. The molecule has 1 amide bonds. The number of carboxylic acids is 1. The smallest absolute Gasteiger partial charge is 0.407 e. The number of nitrogens with one attached hydrogen (secondary N) is 1. The maximum Gasteiger partial charge on any atom is 0.407 e. The third-order valence-electron chi connectivity index (χ3n) is 3.17. The van der Waals surface area contributed by atoms with Crippen LogP contribution in [0.25, 0.3) is 0 Å². The summed E-state index contributed by atoms with van der Waals surface area (Å²) in [6.45, 7) is 7.44. The van der Waals surface area contributed by atoms with Gasteiger partial charge in [-0.25, -0.2) is 14.6 Å². The summed E-state index contributed by atoms with van der Waals surface area (Å²) in [5.74, 6) is -0.0817. The molecule has 7 heteroatoms. The number of ether oxygens (including phenoxy) is 1. The maximum atomic E-state index is 11.5. The minimum Gasteiger partial charge on any atom is -0.477 e. The minimum atomic E-state index is -1.04. The van der Waals surface area contributed by atoms with Gasteiger partial charge in [0.2, 0.25) is 0 Å². The van der Waals surface area contributed by atoms with E-state index in [4.69, 9.17) is 9.84 Å². The number of hydrogen-bond donors (Lipinski definition) is 2. The fourth-order valence-corrected chi connectivity index (χ4v) is 2.15. The summed E-state index contributed by atoms with van der Waals surface area (Å²) in [5, 5.41) is 11.7. The van der Waals surface area contributed by atoms with Crippen molar-refractivity contribution in [3.8, 4) is 0 Å². The standard InChI is InChI=1S/C15H21N3O4/c1-15(2,3)22-14(21)16-7-10-8-18(9-10)12-6-4-5-11(17-12)13(19)20/h4-6,10H,7-9H2,1-3H3,(H,16,21)(H,19,20). The van der Waals surface area contributed by atoms with Crippen LogP contribution in [0.3, 0.4) is 0 Å². The van der Waals surface area contributed by atoms with Crippen LogP contribution in [0.4, 0.5) is 10.6 Å². The van der Waals surface area contributed by atoms with Gasteiger partial charge >= 0.3 is 12.1 Å². The molecule has 0 atom stereocenters. The first-order chi connectivity index (χ1) is 10.2. The lowest BCUT2D eigenvalue weighted by Gasteiger charge is -2.40. The Morgan fingerprint density at radius 1 is 1.41 bits per heavy atom. The van der Waals surface area contributed by atoms with Crippen molar-refractivity contribution in [1.82, 2.24) is 10.3 Å². The summed E-state index contributed by atoms with van der Waals surface area (Å²) >= 11 is 0. The van der Waals surface area contributed by atoms with Crippen LogP contribution in [0.2, 0.25) is 0 Å². The van der Waals surface area contributed by atoms with E-state index in [1.54, 1.807) is 12.1 Å². The molecule has 1 aromatic rings. The van der Waals surface area contributed by atoms with Gasteiger partial charge in [-0.2, -0.15) is 0 Å². The zero-order valence-electron chi connectivity index (χ0n) is 13.0. The maximum absolute atomic E-state index is 11.5. The SMILES string of the molecule is CC(C)(C)OC(=O)NCC1CN(c2cccc(C(=O)O)n2)C1. The van der Waals surface area contributed by atoms with Crippen LogP contribution in [-0.4, -0.2) is 47.4 Å². The number of nitrogens with zero attached hydrogens (tertiary/aromatic N) is 2. The Morgan fingerprint density at radius 2 is 2.09 bits per heavy atom. The Morgan fingerprint density at radius 3 is 2.68 bits per heavy atom. The second kappa shape index (κ2) is 6.21. The number of carboxylic acid groups (broad SMARTS) is 1. The van der Waals surface area contributed by atoms with Crippen molar-refractivity contribution in [2.45, 2.75) is 26.4 Å². The highest BCUT2D eigenvalue weighted by Gasteiger charge is 2.29. The molecule has 0 spiro atoms. The van der Waals surface area contributed by atoms with Crippen LogP contribution in [0.15, 0.2) is 18.2 Å². The summed E-state index contributed by atoms with van der Waals surface area (Å²) in [4.78, 5) is 28.5. The summed E-state index contributed by atoms with van der Waals surface area (Å²) in [7, 11) is 0. The number of carbonyl (C=O) groups is 2. The minimum absolute atomic E-state index is 0.0350. The summed E-state index contributed by atoms with van der Waals surface area (Å²) in [6.07, 6.45) is -0.419. The predicted molar refractivity (Wildman–Crippen MR) is 81.1 cm³/mol. The number of aromatic carboxylic acids is 1. The molecule has 2 heterocycles. The van der Waals surface area contributed by atoms with E-state index in [1.807, 2.05) is 25.7 Å². The highest BCUT2D eigenvalue weighted by molar-refractivity contribution is 5.85. The Labute approximate surface area is 129 Å². The third-order valence-corrected chi connectivity index (χ3v) is 3.17. The quantitative estimate of drug-likeness (QED) is 0.880. The Balaban J connectivity index is 1.77. The lowest BCUT2D eigenvalue weighted by molar-refractivity contribution is 0.0515. The van der Waals surface area contributed by atoms with Crippen LogP contribution in [-0.2, 0) is 4.74 Å². The molecule has 22 heavy (non-hydrogen) atoms. The number of carbonyl (C=O) groups excluding carboxylic acids is 1. The molecule has 1 saturated heterocycles. The van der Waals surface area contributed by atoms with E-state index in [0.29, 0.717) is 18.3 Å². The van der Waals surface area contributed by atoms with Crippen LogP contribution in [0, 0.1) is 5.92 Å². The van der Waals surface area contributed by atoms with Crippen LogP contribution in [0.1, 0.15) is 31.3 Å². The lowest BCUT2D eigenvalue weighted by atomic mass is 10.0. The molecule has 1 aliphatic rings. The van der Waals surface area contributed by atoms with E-state index in [2.05, 4.69) is 10.3 Å². The van der Waals surface area contributed by atoms with Crippen molar-refractivity contribution in [1.29, 1.82) is 0 Å². The van der Waals surface area contributed by atoms with Gasteiger partial charge in [0.15, 0.2) is 5.69 Å². The number of hydrogen-bond acceptors (Lipinski definition) is 5. The van der Waals surface area contributed by atoms with Crippen LogP contribution in [0.5, 0.6) is 0 Å². The van der Waals surface area contributed by atoms with E-state index in [0.717, 1.165) is 13.1 Å². The van der Waals surface area contributed by atoms with Gasteiger partial charge < -0.3 is 20.1 Å². The molecule has 1 aromatic heterocycles. The zero-order chi connectivity index (χ0) is 16.3. The Bertz CT molecular complexity index is 562. The first-order valence-corrected chi connectivity index (χ1v) is 7.17. The van der Waals surface area contributed by atoms with Gasteiger partial charge in [0.25, 0.3) is 0 Å². The topological polar surface area (TPSA) is 91.8 Å². The van der Waals surface area contributed by atoms with Gasteiger partial charge in [0.1, 0.15) is 11.4 Å². The molecule has 0 bridgehead atoms. The van der Waals surface area contributed by atoms with Gasteiger partial charge in [-0.1, -0.05) is 6.07 Å². The molecule has 2 N–H and O–H groups in total. The lowest BCUT2D eigenvalue weighted by Crippen LogP contribution is -2.52. The van der Waals surface area contributed by atoms with E-state index in [-0.39, 0.29) is 5.69 Å². The molecule has 0 radical (unpaired) electrons. The van der Waals surface area contributed by atoms with E-state index < -0.39 is 17.7 Å². The number of rotatable bonds is 4. The number of anilines is 1. The molecule has 1 aliphatic heterocycles. The van der Waals surface area contributed by atoms with Gasteiger partial charge in [0.05, 0.1) is 0 Å². The van der Waals surface area contributed by atoms with E-state index in [9.17, 15) is 9.59 Å². The highest BCUT2D eigenvalue weighted by atomic mass is 16.6. The van der Waals surface area contributed by atoms with Gasteiger partial charge in [-0.3, -0.25) is 0 Å².